The van der Waals surface area contributed by atoms with E-state index in [1.54, 1.807) is 0 Å². The van der Waals surface area contributed by atoms with Crippen molar-refractivity contribution >= 4 is 11.5 Å². The molecule has 3 nitrogen and oxygen atoms in total. The highest BCUT2D eigenvalue weighted by molar-refractivity contribution is 5.97. The smallest absolute Gasteiger partial charge is 0.249 e. The molecule has 1 aromatic rings. The van der Waals surface area contributed by atoms with Crippen molar-refractivity contribution in [1.82, 2.24) is 5.32 Å². The molecule has 0 radical (unpaired) electrons. The molecule has 3 heteroatoms. The second-order valence-corrected chi connectivity index (χ2v) is 6.05. The number of piperidine rings is 1. The fourth-order valence-corrected chi connectivity index (χ4v) is 3.59. The number of carbonyl (C=O) groups is 1. The average molecular weight is 270 g/mol. The number of rotatable bonds is 2. The summed E-state index contributed by atoms with van der Waals surface area (Å²) < 4.78 is 0. The van der Waals surface area contributed by atoms with Crippen LogP contribution in [-0.2, 0) is 6.42 Å². The maximum Gasteiger partial charge on any atom is 0.249 e. The molecular weight excluding hydrogens is 248 g/mol. The minimum atomic E-state index is -0.308. The number of fused-ring (bicyclic) bond motifs is 1. The topological polar surface area (TPSA) is 55.1 Å². The van der Waals surface area contributed by atoms with Crippen molar-refractivity contribution in [3.63, 3.8) is 0 Å². The molecule has 0 saturated carbocycles. The van der Waals surface area contributed by atoms with E-state index in [4.69, 9.17) is 5.73 Å². The normalized spacial score (nSPS) is 22.0. The predicted molar refractivity (Wildman–Crippen MR) is 81.8 cm³/mol. The van der Waals surface area contributed by atoms with Crippen LogP contribution >= 0.6 is 0 Å². The molecule has 106 valence electrons. The lowest BCUT2D eigenvalue weighted by atomic mass is 9.84. The van der Waals surface area contributed by atoms with E-state index in [0.29, 0.717) is 11.5 Å². The Kier molecular flexibility index (Phi) is 3.38. The van der Waals surface area contributed by atoms with Crippen LogP contribution in [0.1, 0.15) is 59.7 Å². The van der Waals surface area contributed by atoms with E-state index in [1.165, 1.54) is 35.1 Å². The number of hydrogen-bond acceptors (Lipinski definition) is 2. The first-order chi connectivity index (χ1) is 9.59. The lowest BCUT2D eigenvalue weighted by Crippen LogP contribution is -2.29. The minimum Gasteiger partial charge on any atom is -0.366 e. The fraction of sp³-hybridized carbons (Fsp3) is 0.471. The summed E-state index contributed by atoms with van der Waals surface area (Å²) in [6.07, 6.45) is 3.31. The van der Waals surface area contributed by atoms with Gasteiger partial charge in [-0.25, -0.2) is 0 Å². The van der Waals surface area contributed by atoms with Gasteiger partial charge in [0.2, 0.25) is 5.91 Å². The Morgan fingerprint density at radius 2 is 2.15 bits per heavy atom. The highest BCUT2D eigenvalue weighted by Gasteiger charge is 2.27. The monoisotopic (exact) mass is 270 g/mol. The van der Waals surface area contributed by atoms with Gasteiger partial charge in [0.25, 0.3) is 0 Å². The zero-order valence-electron chi connectivity index (χ0n) is 12.3. The Labute approximate surface area is 120 Å². The van der Waals surface area contributed by atoms with Crippen LogP contribution in [-0.4, -0.2) is 19.0 Å². The van der Waals surface area contributed by atoms with E-state index in [2.05, 4.69) is 25.2 Å². The molecule has 1 fully saturated rings. The summed E-state index contributed by atoms with van der Waals surface area (Å²) in [7, 11) is 0. The lowest BCUT2D eigenvalue weighted by Gasteiger charge is -2.26. The molecule has 1 aromatic carbocycles. The standard InChI is InChI=1S/C17H22N2O/c1-10-8-15-14(17(18)20)6-5-13(16(15)11(10)2)12-4-3-7-19-9-12/h5-6,12,19H,3-4,7-9H2,1-2H3,(H2,18,20). The summed E-state index contributed by atoms with van der Waals surface area (Å²) in [4.78, 5) is 11.7. The molecule has 2 aliphatic rings. The van der Waals surface area contributed by atoms with Crippen LogP contribution in [0.4, 0.5) is 0 Å². The van der Waals surface area contributed by atoms with Crippen molar-refractivity contribution in [3.8, 4) is 0 Å². The molecule has 1 atom stereocenters. The van der Waals surface area contributed by atoms with Gasteiger partial charge in [-0.2, -0.15) is 0 Å². The number of hydrogen-bond donors (Lipinski definition) is 2. The van der Waals surface area contributed by atoms with E-state index in [9.17, 15) is 4.79 Å². The van der Waals surface area contributed by atoms with Gasteiger partial charge in [-0.1, -0.05) is 11.6 Å². The van der Waals surface area contributed by atoms with E-state index < -0.39 is 0 Å². The lowest BCUT2D eigenvalue weighted by molar-refractivity contribution is 0.0999. The van der Waals surface area contributed by atoms with Gasteiger partial charge in [-0.05, 0) is 73.9 Å². The number of benzene rings is 1. The largest absolute Gasteiger partial charge is 0.366 e. The molecule has 1 aliphatic heterocycles. The third kappa shape index (κ3) is 2.06. The van der Waals surface area contributed by atoms with Gasteiger partial charge in [0.15, 0.2) is 0 Å². The molecule has 1 aliphatic carbocycles. The molecule has 0 spiro atoms. The third-order valence-electron chi connectivity index (χ3n) is 4.80. The van der Waals surface area contributed by atoms with Gasteiger partial charge in [0, 0.05) is 12.1 Å². The van der Waals surface area contributed by atoms with Gasteiger partial charge in [-0.3, -0.25) is 4.79 Å². The van der Waals surface area contributed by atoms with Crippen LogP contribution in [0.3, 0.4) is 0 Å². The summed E-state index contributed by atoms with van der Waals surface area (Å²) in [6.45, 7) is 6.48. The van der Waals surface area contributed by atoms with Crippen molar-refractivity contribution in [3.05, 3.63) is 40.0 Å². The van der Waals surface area contributed by atoms with Crippen LogP contribution in [0, 0.1) is 0 Å². The number of amides is 1. The van der Waals surface area contributed by atoms with Gasteiger partial charge in [0.1, 0.15) is 0 Å². The highest BCUT2D eigenvalue weighted by Crippen LogP contribution is 2.40. The van der Waals surface area contributed by atoms with E-state index in [0.717, 1.165) is 25.1 Å². The molecule has 1 unspecified atom stereocenters. The zero-order valence-corrected chi connectivity index (χ0v) is 12.3. The molecule has 0 aromatic heterocycles. The summed E-state index contributed by atoms with van der Waals surface area (Å²) in [5.41, 5.74) is 12.8. The summed E-state index contributed by atoms with van der Waals surface area (Å²) in [5, 5.41) is 3.48. The first kappa shape index (κ1) is 13.4. The second-order valence-electron chi connectivity index (χ2n) is 6.05. The molecule has 0 bridgehead atoms. The van der Waals surface area contributed by atoms with Crippen LogP contribution in [0.5, 0.6) is 0 Å². The van der Waals surface area contributed by atoms with E-state index in [-0.39, 0.29) is 5.91 Å². The van der Waals surface area contributed by atoms with Crippen molar-refractivity contribution in [2.24, 2.45) is 5.73 Å². The number of carbonyl (C=O) groups excluding carboxylic acids is 1. The zero-order chi connectivity index (χ0) is 14.3. The SMILES string of the molecule is CC1=C(C)c2c(C3CCCNC3)ccc(C(N)=O)c2C1. The van der Waals surface area contributed by atoms with Crippen molar-refractivity contribution in [2.75, 3.05) is 13.1 Å². The van der Waals surface area contributed by atoms with Gasteiger partial charge in [0.05, 0.1) is 0 Å². The quantitative estimate of drug-likeness (QED) is 0.868. The van der Waals surface area contributed by atoms with E-state index >= 15 is 0 Å². The Hall–Kier alpha value is -1.61. The van der Waals surface area contributed by atoms with Gasteiger partial charge >= 0.3 is 0 Å². The molecule has 1 amide bonds. The maximum atomic E-state index is 11.7. The van der Waals surface area contributed by atoms with E-state index in [1.807, 2.05) is 6.07 Å². The summed E-state index contributed by atoms with van der Waals surface area (Å²) >= 11 is 0. The molecule has 1 saturated heterocycles. The van der Waals surface area contributed by atoms with Crippen molar-refractivity contribution < 1.29 is 4.79 Å². The number of nitrogens with two attached hydrogens (primary N) is 1. The predicted octanol–water partition coefficient (Wildman–Crippen LogP) is 2.60. The van der Waals surface area contributed by atoms with Crippen LogP contribution in [0.2, 0.25) is 0 Å². The van der Waals surface area contributed by atoms with Crippen LogP contribution in [0.25, 0.3) is 5.57 Å². The van der Waals surface area contributed by atoms with Crippen molar-refractivity contribution in [2.45, 2.75) is 39.0 Å². The Morgan fingerprint density at radius 1 is 1.35 bits per heavy atom. The molecule has 3 N–H and O–H groups in total. The number of nitrogens with one attached hydrogen (secondary N) is 1. The Bertz CT molecular complexity index is 595. The van der Waals surface area contributed by atoms with Crippen LogP contribution < -0.4 is 11.1 Å². The third-order valence-corrected chi connectivity index (χ3v) is 4.80. The number of allylic oxidation sites excluding steroid dienone is 2. The Morgan fingerprint density at radius 3 is 2.80 bits per heavy atom. The second kappa shape index (κ2) is 5.06. The molecule has 20 heavy (non-hydrogen) atoms. The Balaban J connectivity index is 2.12. The van der Waals surface area contributed by atoms with Crippen molar-refractivity contribution in [1.29, 1.82) is 0 Å². The number of primary amides is 1. The first-order valence-corrected chi connectivity index (χ1v) is 7.42. The minimum absolute atomic E-state index is 0.308. The maximum absolute atomic E-state index is 11.7. The molecule has 3 rings (SSSR count). The van der Waals surface area contributed by atoms with Gasteiger partial charge < -0.3 is 11.1 Å². The first-order valence-electron chi connectivity index (χ1n) is 7.42. The van der Waals surface area contributed by atoms with Gasteiger partial charge in [-0.15, -0.1) is 0 Å². The summed E-state index contributed by atoms with van der Waals surface area (Å²) in [5.74, 6) is 0.248. The average Bonchev–Trinajstić information content (AvgIpc) is 2.75. The molecular formula is C17H22N2O. The molecule has 1 heterocycles. The highest BCUT2D eigenvalue weighted by atomic mass is 16.1. The fourth-order valence-electron chi connectivity index (χ4n) is 3.59. The van der Waals surface area contributed by atoms with Crippen LogP contribution in [0.15, 0.2) is 17.7 Å². The summed E-state index contributed by atoms with van der Waals surface area (Å²) in [6, 6.07) is 4.05.